The summed E-state index contributed by atoms with van der Waals surface area (Å²) in [5, 5.41) is 0. The topological polar surface area (TPSA) is 21.8 Å². The van der Waals surface area contributed by atoms with E-state index in [9.17, 15) is 0 Å². The molecule has 1 saturated heterocycles. The first kappa shape index (κ1) is 18.1. The van der Waals surface area contributed by atoms with Gasteiger partial charge in [-0.05, 0) is 50.7 Å². The van der Waals surface area contributed by atoms with E-state index in [1.54, 1.807) is 0 Å². The van der Waals surface area contributed by atoms with E-state index < -0.39 is 0 Å². The van der Waals surface area contributed by atoms with Gasteiger partial charge in [-0.3, -0.25) is 0 Å². The average Bonchev–Trinajstić information content (AvgIpc) is 3.30. The molecule has 2 rings (SSSR count). The second-order valence-electron chi connectivity index (χ2n) is 6.82. The Balaban J connectivity index is 1.60. The highest BCUT2D eigenvalue weighted by Crippen LogP contribution is 2.28. The van der Waals surface area contributed by atoms with Gasteiger partial charge in [0.25, 0.3) is 0 Å². The molecule has 1 atom stereocenters. The van der Waals surface area contributed by atoms with Crippen molar-refractivity contribution in [2.24, 2.45) is 0 Å². The summed E-state index contributed by atoms with van der Waals surface area (Å²) in [4.78, 5) is 0. The number of para-hydroxylation sites is 1. The van der Waals surface area contributed by atoms with E-state index in [0.717, 1.165) is 25.2 Å². The quantitative estimate of drug-likeness (QED) is 0.280. The van der Waals surface area contributed by atoms with E-state index in [1.165, 1.54) is 44.1 Å². The van der Waals surface area contributed by atoms with Crippen LogP contribution in [0.1, 0.15) is 64.4 Å². The van der Waals surface area contributed by atoms with Gasteiger partial charge in [0.2, 0.25) is 0 Å². The van der Waals surface area contributed by atoms with Crippen LogP contribution in [0, 0.1) is 0 Å². The third-order valence-corrected chi connectivity index (χ3v) is 4.36. The summed E-state index contributed by atoms with van der Waals surface area (Å²) < 4.78 is 11.4. The van der Waals surface area contributed by atoms with Gasteiger partial charge < -0.3 is 9.47 Å². The number of unbranched alkanes of at least 4 members (excludes halogenated alkanes) is 5. The first-order chi connectivity index (χ1) is 11.2. The molecule has 23 heavy (non-hydrogen) atoms. The van der Waals surface area contributed by atoms with Crippen molar-refractivity contribution in [1.29, 1.82) is 0 Å². The molecule has 0 aliphatic carbocycles. The molecule has 0 spiro atoms. The van der Waals surface area contributed by atoms with Crippen LogP contribution in [0.3, 0.4) is 0 Å². The van der Waals surface area contributed by atoms with Gasteiger partial charge in [-0.15, -0.1) is 0 Å². The van der Waals surface area contributed by atoms with Gasteiger partial charge in [-0.2, -0.15) is 0 Å². The van der Waals surface area contributed by atoms with Crippen LogP contribution in [-0.2, 0) is 11.2 Å². The van der Waals surface area contributed by atoms with Crippen molar-refractivity contribution in [3.8, 4) is 5.75 Å². The van der Waals surface area contributed by atoms with Gasteiger partial charge in [0.1, 0.15) is 18.0 Å². The molecule has 1 unspecified atom stereocenters. The Hall–Kier alpha value is -1.28. The summed E-state index contributed by atoms with van der Waals surface area (Å²) in [5.41, 5.74) is 1.29. The van der Waals surface area contributed by atoms with Gasteiger partial charge in [-0.25, -0.2) is 0 Å². The van der Waals surface area contributed by atoms with Crippen LogP contribution in [-0.4, -0.2) is 18.8 Å². The predicted molar refractivity (Wildman–Crippen MR) is 97.1 cm³/mol. The van der Waals surface area contributed by atoms with E-state index in [0.29, 0.717) is 6.61 Å². The summed E-state index contributed by atoms with van der Waals surface area (Å²) in [7, 11) is 0. The first-order valence-corrected chi connectivity index (χ1v) is 9.23. The normalized spacial score (nSPS) is 20.1. The lowest BCUT2D eigenvalue weighted by atomic mass is 10.0. The number of hydrogen-bond acceptors (Lipinski definition) is 2. The van der Waals surface area contributed by atoms with Crippen molar-refractivity contribution in [2.45, 2.75) is 70.8 Å². The Kier molecular flexibility index (Phi) is 7.67. The zero-order valence-electron chi connectivity index (χ0n) is 14.9. The first-order valence-electron chi connectivity index (χ1n) is 9.23. The van der Waals surface area contributed by atoms with Crippen LogP contribution < -0.4 is 4.74 Å². The lowest BCUT2D eigenvalue weighted by Crippen LogP contribution is -2.17. The largest absolute Gasteiger partial charge is 0.490 e. The molecule has 0 N–H and O–H groups in total. The van der Waals surface area contributed by atoms with Gasteiger partial charge in [-0.1, -0.05) is 56.5 Å². The minimum atomic E-state index is -0.0423. The van der Waals surface area contributed by atoms with Gasteiger partial charge >= 0.3 is 0 Å². The molecule has 1 aliphatic rings. The second-order valence-corrected chi connectivity index (χ2v) is 6.82. The molecule has 1 aliphatic heterocycles. The molecule has 1 heterocycles. The van der Waals surface area contributed by atoms with E-state index in [1.807, 2.05) is 0 Å². The Bertz CT molecular complexity index is 474. The highest BCUT2D eigenvalue weighted by molar-refractivity contribution is 5.33. The van der Waals surface area contributed by atoms with Crippen molar-refractivity contribution >= 4 is 0 Å². The molecule has 0 saturated carbocycles. The summed E-state index contributed by atoms with van der Waals surface area (Å²) in [6.07, 6.45) is 14.7. The lowest BCUT2D eigenvalue weighted by molar-refractivity contribution is 0.201. The SMILES string of the molecule is CC/C=C/CCCCCCCc1ccccc1OCC1(C)CO1. The Morgan fingerprint density at radius 1 is 1.09 bits per heavy atom. The minimum absolute atomic E-state index is 0.0423. The minimum Gasteiger partial charge on any atom is -0.490 e. The van der Waals surface area contributed by atoms with Crippen molar-refractivity contribution in [1.82, 2.24) is 0 Å². The highest BCUT2D eigenvalue weighted by Gasteiger charge is 2.40. The summed E-state index contributed by atoms with van der Waals surface area (Å²) in [6, 6.07) is 8.44. The van der Waals surface area contributed by atoms with Gasteiger partial charge in [0, 0.05) is 0 Å². The molecule has 0 radical (unpaired) electrons. The maximum absolute atomic E-state index is 5.96. The van der Waals surface area contributed by atoms with Crippen molar-refractivity contribution in [3.63, 3.8) is 0 Å². The standard InChI is InChI=1S/C21H32O2/c1-3-4-5-6-7-8-9-10-11-14-19-15-12-13-16-20(19)22-17-21(2)18-23-21/h4-5,12-13,15-16H,3,6-11,14,17-18H2,1-2H3/b5-4+. The van der Waals surface area contributed by atoms with Crippen molar-refractivity contribution in [3.05, 3.63) is 42.0 Å². The molecule has 1 aromatic rings. The molecular formula is C21H32O2. The van der Waals surface area contributed by atoms with Gasteiger partial charge in [0.05, 0.1) is 6.61 Å². The van der Waals surface area contributed by atoms with E-state index in [2.05, 4.69) is 50.3 Å². The van der Waals surface area contributed by atoms with E-state index in [4.69, 9.17) is 9.47 Å². The number of rotatable bonds is 12. The molecule has 0 aromatic heterocycles. The van der Waals surface area contributed by atoms with Crippen LogP contribution >= 0.6 is 0 Å². The fourth-order valence-corrected chi connectivity index (χ4v) is 2.68. The lowest BCUT2D eigenvalue weighted by Gasteiger charge is -2.13. The zero-order valence-corrected chi connectivity index (χ0v) is 14.9. The van der Waals surface area contributed by atoms with Crippen LogP contribution in [0.15, 0.2) is 36.4 Å². The molecule has 0 amide bonds. The Morgan fingerprint density at radius 3 is 2.61 bits per heavy atom. The summed E-state index contributed by atoms with van der Waals surface area (Å²) >= 11 is 0. The molecule has 2 nitrogen and oxygen atoms in total. The molecular weight excluding hydrogens is 284 g/mol. The summed E-state index contributed by atoms with van der Waals surface area (Å²) in [6.45, 7) is 5.78. The molecule has 1 fully saturated rings. The number of hydrogen-bond donors (Lipinski definition) is 0. The third kappa shape index (κ3) is 7.22. The second kappa shape index (κ2) is 9.77. The van der Waals surface area contributed by atoms with Crippen molar-refractivity contribution in [2.75, 3.05) is 13.2 Å². The van der Waals surface area contributed by atoms with Gasteiger partial charge in [0.15, 0.2) is 0 Å². The number of ether oxygens (including phenoxy) is 2. The fraction of sp³-hybridized carbons (Fsp3) is 0.619. The zero-order chi connectivity index (χ0) is 16.4. The van der Waals surface area contributed by atoms with E-state index >= 15 is 0 Å². The van der Waals surface area contributed by atoms with Crippen LogP contribution in [0.5, 0.6) is 5.75 Å². The Morgan fingerprint density at radius 2 is 1.83 bits per heavy atom. The number of epoxide rings is 1. The molecule has 0 bridgehead atoms. The fourth-order valence-electron chi connectivity index (χ4n) is 2.68. The predicted octanol–water partition coefficient (Wildman–Crippen LogP) is 5.70. The number of aryl methyl sites for hydroxylation is 1. The highest BCUT2D eigenvalue weighted by atomic mass is 16.6. The number of allylic oxidation sites excluding steroid dienone is 2. The molecule has 1 aromatic carbocycles. The Labute approximate surface area is 141 Å². The molecule has 128 valence electrons. The van der Waals surface area contributed by atoms with Crippen LogP contribution in [0.25, 0.3) is 0 Å². The third-order valence-electron chi connectivity index (χ3n) is 4.36. The van der Waals surface area contributed by atoms with Crippen LogP contribution in [0.4, 0.5) is 0 Å². The summed E-state index contributed by atoms with van der Waals surface area (Å²) in [5.74, 6) is 1.04. The van der Waals surface area contributed by atoms with Crippen molar-refractivity contribution < 1.29 is 9.47 Å². The average molecular weight is 316 g/mol. The molecule has 2 heteroatoms. The smallest absolute Gasteiger partial charge is 0.123 e. The van der Waals surface area contributed by atoms with E-state index in [-0.39, 0.29) is 5.60 Å². The number of benzene rings is 1. The maximum Gasteiger partial charge on any atom is 0.123 e. The van der Waals surface area contributed by atoms with Crippen LogP contribution in [0.2, 0.25) is 0 Å². The monoisotopic (exact) mass is 316 g/mol. The maximum atomic E-state index is 5.96.